The van der Waals surface area contributed by atoms with E-state index in [1.165, 1.54) is 28.0 Å². The fraction of sp³-hybridized carbons (Fsp3) is 0.0741. The predicted octanol–water partition coefficient (Wildman–Crippen LogP) is 4.67. The molecule has 1 aliphatic heterocycles. The van der Waals surface area contributed by atoms with Crippen LogP contribution in [0.15, 0.2) is 99.9 Å². The third-order valence-corrected chi connectivity index (χ3v) is 6.89. The van der Waals surface area contributed by atoms with E-state index in [4.69, 9.17) is 11.6 Å². The molecule has 0 unspecified atom stereocenters. The van der Waals surface area contributed by atoms with Gasteiger partial charge in [0.05, 0.1) is 21.8 Å². The quantitative estimate of drug-likeness (QED) is 0.440. The van der Waals surface area contributed by atoms with Gasteiger partial charge < -0.3 is 5.32 Å². The number of hydrogen-bond donors (Lipinski definition) is 1. The van der Waals surface area contributed by atoms with Crippen molar-refractivity contribution in [3.63, 3.8) is 0 Å². The number of nitrogens with one attached hydrogen (secondary N) is 1. The summed E-state index contributed by atoms with van der Waals surface area (Å²) in [6, 6.07) is 21.3. The molecule has 0 radical (unpaired) electrons. The van der Waals surface area contributed by atoms with E-state index in [-0.39, 0.29) is 11.5 Å². The van der Waals surface area contributed by atoms with E-state index >= 15 is 0 Å². The van der Waals surface area contributed by atoms with Crippen LogP contribution in [0.5, 0.6) is 0 Å². The number of benzene rings is 3. The van der Waals surface area contributed by atoms with Crippen molar-refractivity contribution in [1.82, 2.24) is 4.57 Å². The number of halogens is 2. The summed E-state index contributed by atoms with van der Waals surface area (Å²) in [4.78, 5) is 32.1. The van der Waals surface area contributed by atoms with Crippen molar-refractivity contribution in [3.05, 3.63) is 132 Å². The number of aromatic nitrogens is 1. The van der Waals surface area contributed by atoms with Crippen molar-refractivity contribution in [1.29, 1.82) is 0 Å². The second-order valence-electron chi connectivity index (χ2n) is 8.01. The summed E-state index contributed by atoms with van der Waals surface area (Å²) in [7, 11) is 0. The van der Waals surface area contributed by atoms with Crippen molar-refractivity contribution in [2.24, 2.45) is 4.99 Å². The number of carbonyl (C=O) groups is 1. The molecular formula is C27H19ClFN3O2S. The molecule has 3 aromatic carbocycles. The Morgan fingerprint density at radius 2 is 1.74 bits per heavy atom. The number of allylic oxidation sites excluding steroid dienone is 1. The molecule has 0 aliphatic carbocycles. The number of amides is 1. The van der Waals surface area contributed by atoms with Crippen LogP contribution in [0, 0.1) is 5.82 Å². The number of hydrogen-bond acceptors (Lipinski definition) is 4. The Bertz CT molecular complexity index is 1620. The highest BCUT2D eigenvalue weighted by Crippen LogP contribution is 2.31. The molecule has 1 aliphatic rings. The summed E-state index contributed by atoms with van der Waals surface area (Å²) in [6.07, 6.45) is 1.77. The Morgan fingerprint density at radius 1 is 1.06 bits per heavy atom. The first-order chi connectivity index (χ1) is 16.9. The van der Waals surface area contributed by atoms with Crippen LogP contribution < -0.4 is 20.2 Å². The topological polar surface area (TPSA) is 63.5 Å². The first-order valence-electron chi connectivity index (χ1n) is 10.8. The average Bonchev–Trinajstić information content (AvgIpc) is 3.15. The van der Waals surface area contributed by atoms with E-state index < -0.39 is 11.9 Å². The van der Waals surface area contributed by atoms with E-state index in [2.05, 4.69) is 10.3 Å². The molecular weight excluding hydrogens is 485 g/mol. The average molecular weight is 504 g/mol. The van der Waals surface area contributed by atoms with Gasteiger partial charge in [-0.15, -0.1) is 0 Å². The van der Waals surface area contributed by atoms with Crippen LogP contribution in [0.25, 0.3) is 6.08 Å². The van der Waals surface area contributed by atoms with Crippen LogP contribution in [-0.4, -0.2) is 10.5 Å². The number of rotatable bonds is 4. The summed E-state index contributed by atoms with van der Waals surface area (Å²) < 4.78 is 15.7. The molecule has 5 nitrogen and oxygen atoms in total. The molecule has 0 saturated carbocycles. The zero-order valence-electron chi connectivity index (χ0n) is 18.5. The van der Waals surface area contributed by atoms with E-state index in [0.717, 1.165) is 5.56 Å². The molecule has 35 heavy (non-hydrogen) atoms. The number of anilines is 1. The summed E-state index contributed by atoms with van der Waals surface area (Å²) >= 11 is 7.22. The van der Waals surface area contributed by atoms with Crippen LogP contribution in [-0.2, 0) is 4.79 Å². The molecule has 1 aromatic heterocycles. The zero-order chi connectivity index (χ0) is 24.5. The molecule has 0 saturated heterocycles. The van der Waals surface area contributed by atoms with E-state index in [1.807, 2.05) is 30.3 Å². The van der Waals surface area contributed by atoms with Gasteiger partial charge in [-0.05, 0) is 60.5 Å². The minimum atomic E-state index is -0.761. The Labute approximate surface area is 209 Å². The Morgan fingerprint density at radius 3 is 2.43 bits per heavy atom. The SMILES string of the molecule is CC1=C(C(=O)Nc2ccccc2)[C@@H](c2ccc(F)cc2)n2c(s/c(=C\c3ccc(Cl)cc3)c2=O)=N1. The first-order valence-corrected chi connectivity index (χ1v) is 12.0. The monoisotopic (exact) mass is 503 g/mol. The zero-order valence-corrected chi connectivity index (χ0v) is 20.1. The van der Waals surface area contributed by atoms with Gasteiger partial charge in [-0.3, -0.25) is 14.2 Å². The molecule has 1 N–H and O–H groups in total. The molecule has 2 heterocycles. The van der Waals surface area contributed by atoms with Crippen LogP contribution in [0.2, 0.25) is 5.02 Å². The molecule has 1 atom stereocenters. The maximum absolute atomic E-state index is 13.7. The number of carbonyl (C=O) groups excluding carboxylic acids is 1. The molecule has 4 aromatic rings. The minimum absolute atomic E-state index is 0.282. The summed E-state index contributed by atoms with van der Waals surface area (Å²) in [6.45, 7) is 1.74. The predicted molar refractivity (Wildman–Crippen MR) is 137 cm³/mol. The van der Waals surface area contributed by atoms with Gasteiger partial charge in [0.15, 0.2) is 4.80 Å². The van der Waals surface area contributed by atoms with Gasteiger partial charge in [-0.1, -0.05) is 65.4 Å². The molecule has 8 heteroatoms. The Hall–Kier alpha value is -3.81. The van der Waals surface area contributed by atoms with Crippen LogP contribution >= 0.6 is 22.9 Å². The lowest BCUT2D eigenvalue weighted by Crippen LogP contribution is -2.40. The van der Waals surface area contributed by atoms with Gasteiger partial charge in [0.25, 0.3) is 11.5 Å². The molecule has 5 rings (SSSR count). The van der Waals surface area contributed by atoms with Crippen molar-refractivity contribution >= 4 is 40.6 Å². The van der Waals surface area contributed by atoms with Gasteiger partial charge >= 0.3 is 0 Å². The maximum atomic E-state index is 13.7. The number of nitrogens with zero attached hydrogens (tertiary/aromatic N) is 2. The standard InChI is InChI=1S/C27H19ClFN3O2S/c1-16-23(25(33)31-21-5-3-2-4-6-21)24(18-9-13-20(29)14-10-18)32-26(34)22(35-27(32)30-16)15-17-7-11-19(28)12-8-17/h2-15,24H,1H3,(H,31,33)/b22-15-/t24-/m1/s1. The van der Waals surface area contributed by atoms with Crippen LogP contribution in [0.4, 0.5) is 10.1 Å². The van der Waals surface area contributed by atoms with E-state index in [1.54, 1.807) is 49.4 Å². The highest BCUT2D eigenvalue weighted by molar-refractivity contribution is 7.07. The van der Waals surface area contributed by atoms with Gasteiger partial charge in [0, 0.05) is 10.7 Å². The lowest BCUT2D eigenvalue weighted by atomic mass is 9.95. The smallest absolute Gasteiger partial charge is 0.271 e. The fourth-order valence-electron chi connectivity index (χ4n) is 4.00. The summed E-state index contributed by atoms with van der Waals surface area (Å²) in [5, 5.41) is 3.49. The van der Waals surface area contributed by atoms with Crippen molar-refractivity contribution in [2.75, 3.05) is 5.32 Å². The highest BCUT2D eigenvalue weighted by atomic mass is 35.5. The van der Waals surface area contributed by atoms with E-state index in [0.29, 0.717) is 36.9 Å². The molecule has 0 bridgehead atoms. The Balaban J connectivity index is 1.67. The first kappa shape index (κ1) is 23.0. The maximum Gasteiger partial charge on any atom is 0.271 e. The largest absolute Gasteiger partial charge is 0.322 e. The summed E-state index contributed by atoms with van der Waals surface area (Å²) in [5.74, 6) is -0.779. The van der Waals surface area contributed by atoms with Crippen LogP contribution in [0.3, 0.4) is 0 Å². The number of para-hydroxylation sites is 1. The third kappa shape index (κ3) is 4.60. The highest BCUT2D eigenvalue weighted by Gasteiger charge is 2.32. The van der Waals surface area contributed by atoms with Gasteiger partial charge in [0.1, 0.15) is 5.82 Å². The lowest BCUT2D eigenvalue weighted by Gasteiger charge is -2.25. The van der Waals surface area contributed by atoms with Crippen molar-refractivity contribution in [2.45, 2.75) is 13.0 Å². The second-order valence-corrected chi connectivity index (χ2v) is 9.45. The van der Waals surface area contributed by atoms with Crippen LogP contribution in [0.1, 0.15) is 24.1 Å². The Kier molecular flexibility index (Phi) is 6.19. The van der Waals surface area contributed by atoms with Gasteiger partial charge in [-0.2, -0.15) is 0 Å². The second kappa shape index (κ2) is 9.44. The lowest BCUT2D eigenvalue weighted by molar-refractivity contribution is -0.113. The fourth-order valence-corrected chi connectivity index (χ4v) is 5.18. The summed E-state index contributed by atoms with van der Waals surface area (Å²) in [5.41, 5.74) is 2.58. The minimum Gasteiger partial charge on any atom is -0.322 e. The normalized spacial score (nSPS) is 15.5. The van der Waals surface area contributed by atoms with Crippen molar-refractivity contribution in [3.8, 4) is 0 Å². The number of fused-ring (bicyclic) bond motifs is 1. The van der Waals surface area contributed by atoms with Gasteiger partial charge in [-0.25, -0.2) is 9.38 Å². The molecule has 0 fully saturated rings. The molecule has 174 valence electrons. The van der Waals surface area contributed by atoms with Crippen molar-refractivity contribution < 1.29 is 9.18 Å². The van der Waals surface area contributed by atoms with Gasteiger partial charge in [0.2, 0.25) is 0 Å². The van der Waals surface area contributed by atoms with E-state index in [9.17, 15) is 14.0 Å². The number of thiazole rings is 1. The molecule has 0 spiro atoms. The third-order valence-electron chi connectivity index (χ3n) is 5.65. The molecule has 1 amide bonds.